The molecule has 0 radical (unpaired) electrons. The van der Waals surface area contributed by atoms with Crippen LogP contribution in [0.4, 0.5) is 0 Å². The van der Waals surface area contributed by atoms with Gasteiger partial charge in [0.2, 0.25) is 29.5 Å². The number of halogens is 1. The monoisotopic (exact) mass is 719 g/mol. The molecular formula is C34H42ClN11O5. The highest BCUT2D eigenvalue weighted by atomic mass is 35.5. The minimum Gasteiger partial charge on any atom is -0.370 e. The molecule has 5 amide bonds. The molecule has 0 saturated heterocycles. The van der Waals surface area contributed by atoms with E-state index in [4.69, 9.17) is 28.8 Å². The number of nitrogens with zero attached hydrogens (tertiary/aromatic N) is 2. The third-order valence-electron chi connectivity index (χ3n) is 7.97. The molecule has 0 saturated carbocycles. The minimum absolute atomic E-state index is 0.0121. The van der Waals surface area contributed by atoms with Gasteiger partial charge in [0.05, 0.1) is 6.33 Å². The number of amides is 5. The molecule has 0 aliphatic rings. The van der Waals surface area contributed by atoms with Crippen molar-refractivity contribution in [3.63, 3.8) is 0 Å². The van der Waals surface area contributed by atoms with E-state index < -0.39 is 53.7 Å². The second-order valence-corrected chi connectivity index (χ2v) is 12.4. The normalized spacial score (nSPS) is 13.3. The number of nitrogens with two attached hydrogens (primary N) is 3. The van der Waals surface area contributed by atoms with Crippen LogP contribution in [0.3, 0.4) is 0 Å². The molecule has 4 rings (SSSR count). The maximum absolute atomic E-state index is 14.0. The zero-order valence-corrected chi connectivity index (χ0v) is 28.7. The summed E-state index contributed by atoms with van der Waals surface area (Å²) in [6, 6.07) is 9.64. The van der Waals surface area contributed by atoms with E-state index >= 15 is 0 Å². The van der Waals surface area contributed by atoms with E-state index in [-0.39, 0.29) is 44.6 Å². The summed E-state index contributed by atoms with van der Waals surface area (Å²) < 4.78 is 0. The van der Waals surface area contributed by atoms with Crippen LogP contribution in [-0.2, 0) is 43.2 Å². The third kappa shape index (κ3) is 11.6. The fourth-order valence-electron chi connectivity index (χ4n) is 5.51. The van der Waals surface area contributed by atoms with Crippen LogP contribution in [0, 0.1) is 0 Å². The molecule has 2 heterocycles. The highest BCUT2D eigenvalue weighted by Gasteiger charge is 2.31. The van der Waals surface area contributed by atoms with Gasteiger partial charge in [-0.1, -0.05) is 41.9 Å². The van der Waals surface area contributed by atoms with Crippen molar-refractivity contribution in [2.75, 3.05) is 6.54 Å². The number of aromatic nitrogens is 3. The number of H-pyrrole nitrogens is 2. The van der Waals surface area contributed by atoms with E-state index in [1.54, 1.807) is 30.5 Å². The zero-order valence-electron chi connectivity index (χ0n) is 27.9. The molecule has 0 bridgehead atoms. The lowest BCUT2D eigenvalue weighted by molar-refractivity contribution is -0.134. The lowest BCUT2D eigenvalue weighted by Crippen LogP contribution is -2.59. The largest absolute Gasteiger partial charge is 0.370 e. The van der Waals surface area contributed by atoms with Crippen molar-refractivity contribution in [2.24, 2.45) is 22.2 Å². The van der Waals surface area contributed by atoms with Crippen molar-refractivity contribution in [3.8, 4) is 0 Å². The minimum atomic E-state index is -1.22. The number of guanidine groups is 1. The van der Waals surface area contributed by atoms with Crippen molar-refractivity contribution in [1.82, 2.24) is 36.2 Å². The Bertz CT molecular complexity index is 1860. The van der Waals surface area contributed by atoms with E-state index in [1.165, 1.54) is 19.4 Å². The van der Waals surface area contributed by atoms with Gasteiger partial charge in [0.25, 0.3) is 0 Å². The van der Waals surface area contributed by atoms with Gasteiger partial charge in [-0.3, -0.25) is 29.0 Å². The Labute approximate surface area is 298 Å². The van der Waals surface area contributed by atoms with E-state index in [0.29, 0.717) is 16.3 Å². The predicted octanol–water partition coefficient (Wildman–Crippen LogP) is 0.0703. The number of imidazole rings is 1. The number of aromatic amines is 2. The van der Waals surface area contributed by atoms with Crippen LogP contribution in [0.2, 0.25) is 5.02 Å². The molecule has 0 aliphatic carbocycles. The Morgan fingerprint density at radius 1 is 0.824 bits per heavy atom. The number of fused-ring (bicyclic) bond motifs is 1. The summed E-state index contributed by atoms with van der Waals surface area (Å²) in [6.07, 6.45) is 5.19. The topological polar surface area (TPSA) is 268 Å². The summed E-state index contributed by atoms with van der Waals surface area (Å²) in [5.74, 6) is -3.41. The first kappa shape index (κ1) is 37.9. The fourth-order valence-corrected chi connectivity index (χ4v) is 5.73. The molecular weight excluding hydrogens is 678 g/mol. The molecule has 12 N–H and O–H groups in total. The molecule has 4 atom stereocenters. The van der Waals surface area contributed by atoms with Crippen molar-refractivity contribution >= 4 is 58.0 Å². The van der Waals surface area contributed by atoms with Gasteiger partial charge in [0.1, 0.15) is 24.2 Å². The molecule has 0 unspecified atom stereocenters. The van der Waals surface area contributed by atoms with Gasteiger partial charge in [-0.25, -0.2) is 4.98 Å². The number of para-hydroxylation sites is 1. The maximum Gasteiger partial charge on any atom is 0.243 e. The average molecular weight is 720 g/mol. The number of benzene rings is 2. The molecule has 270 valence electrons. The zero-order chi connectivity index (χ0) is 36.9. The number of hydrogen-bond acceptors (Lipinski definition) is 7. The van der Waals surface area contributed by atoms with Crippen LogP contribution in [0.1, 0.15) is 36.6 Å². The highest BCUT2D eigenvalue weighted by Crippen LogP contribution is 2.19. The Hall–Kier alpha value is -5.90. The first-order valence-electron chi connectivity index (χ1n) is 16.2. The molecule has 51 heavy (non-hydrogen) atoms. The number of rotatable bonds is 18. The van der Waals surface area contributed by atoms with Gasteiger partial charge in [-0.2, -0.15) is 0 Å². The van der Waals surface area contributed by atoms with Gasteiger partial charge >= 0.3 is 0 Å². The SMILES string of the molecule is CC(=O)N[C@@H](Cc1cnc[nH]1)C(=O)N[C@H](Cc1cccc(Cl)c1)C(=O)N[C@@H](CCCN=C(N)N)C(=O)N[C@@H](Cc1c[nH]c2ccccc12)C(N)=O. The van der Waals surface area contributed by atoms with Crippen molar-refractivity contribution in [2.45, 2.75) is 63.2 Å². The Balaban J connectivity index is 1.57. The first-order chi connectivity index (χ1) is 24.4. The van der Waals surface area contributed by atoms with Crippen LogP contribution in [0.5, 0.6) is 0 Å². The smallest absolute Gasteiger partial charge is 0.243 e. The number of carbonyl (C=O) groups is 5. The summed E-state index contributed by atoms with van der Waals surface area (Å²) in [5.41, 5.74) is 19.5. The Morgan fingerprint density at radius 2 is 1.51 bits per heavy atom. The summed E-state index contributed by atoms with van der Waals surface area (Å²) in [4.78, 5) is 79.9. The van der Waals surface area contributed by atoms with E-state index in [2.05, 4.69) is 41.2 Å². The molecule has 2 aromatic carbocycles. The van der Waals surface area contributed by atoms with Gasteiger partial charge in [0, 0.05) is 66.7 Å². The molecule has 4 aromatic rings. The van der Waals surface area contributed by atoms with Gasteiger partial charge in [-0.05, 0) is 42.2 Å². The number of hydrogen-bond donors (Lipinski definition) is 9. The summed E-state index contributed by atoms with van der Waals surface area (Å²) in [7, 11) is 0. The van der Waals surface area contributed by atoms with Crippen molar-refractivity contribution < 1.29 is 24.0 Å². The number of aliphatic imine (C=N–C) groups is 1. The second-order valence-electron chi connectivity index (χ2n) is 12.0. The van der Waals surface area contributed by atoms with E-state index in [9.17, 15) is 24.0 Å². The van der Waals surface area contributed by atoms with Crippen LogP contribution in [0.25, 0.3) is 10.9 Å². The second kappa shape index (κ2) is 18.2. The van der Waals surface area contributed by atoms with Crippen LogP contribution >= 0.6 is 11.6 Å². The fraction of sp³-hybridized carbons (Fsp3) is 0.324. The molecule has 2 aromatic heterocycles. The highest BCUT2D eigenvalue weighted by molar-refractivity contribution is 6.30. The maximum atomic E-state index is 14.0. The van der Waals surface area contributed by atoms with Crippen LogP contribution < -0.4 is 38.5 Å². The summed E-state index contributed by atoms with van der Waals surface area (Å²) in [6.45, 7) is 1.43. The van der Waals surface area contributed by atoms with Crippen molar-refractivity contribution in [1.29, 1.82) is 0 Å². The quantitative estimate of drug-likeness (QED) is 0.0385. The van der Waals surface area contributed by atoms with Crippen LogP contribution in [-0.4, -0.2) is 81.2 Å². The standard InChI is InChI=1S/C34H42ClN11O5/c1-19(47)43-29(15-23-17-39-18-42-23)33(51)46-28(13-20-6-4-7-22(35)12-20)32(50)44-26(10-5-11-40-34(37)38)31(49)45-27(30(36)48)14-21-16-41-25-9-3-2-8-24(21)25/h2-4,6-9,12,16-18,26-29,41H,5,10-11,13-15H2,1H3,(H2,36,48)(H,39,42)(H,43,47)(H,44,50)(H,45,49)(H,46,51)(H4,37,38,40)/t26-,27-,28+,29-/m0/s1. The third-order valence-corrected chi connectivity index (χ3v) is 8.21. The number of nitrogens with one attached hydrogen (secondary N) is 6. The van der Waals surface area contributed by atoms with E-state index in [0.717, 1.165) is 16.5 Å². The molecule has 0 spiro atoms. The summed E-state index contributed by atoms with van der Waals surface area (Å²) in [5, 5.41) is 12.0. The van der Waals surface area contributed by atoms with Gasteiger partial charge in [-0.15, -0.1) is 0 Å². The molecule has 16 nitrogen and oxygen atoms in total. The first-order valence-corrected chi connectivity index (χ1v) is 16.6. The van der Waals surface area contributed by atoms with Gasteiger partial charge in [0.15, 0.2) is 5.96 Å². The molecule has 0 aliphatic heterocycles. The Kier molecular flexibility index (Phi) is 13.5. The van der Waals surface area contributed by atoms with Crippen LogP contribution in [0.15, 0.2) is 72.2 Å². The molecule has 17 heteroatoms. The van der Waals surface area contributed by atoms with Gasteiger partial charge < -0.3 is 48.4 Å². The Morgan fingerprint density at radius 3 is 2.18 bits per heavy atom. The molecule has 0 fully saturated rings. The average Bonchev–Trinajstić information content (AvgIpc) is 3.75. The lowest BCUT2D eigenvalue weighted by Gasteiger charge is -2.26. The summed E-state index contributed by atoms with van der Waals surface area (Å²) >= 11 is 6.21. The predicted molar refractivity (Wildman–Crippen MR) is 192 cm³/mol. The number of carbonyl (C=O) groups excluding carboxylic acids is 5. The van der Waals surface area contributed by atoms with E-state index in [1.807, 2.05) is 24.3 Å². The number of primary amides is 1. The van der Waals surface area contributed by atoms with Crippen molar-refractivity contribution in [3.05, 3.63) is 89.1 Å². The lowest BCUT2D eigenvalue weighted by atomic mass is 10.0.